The molecule has 2 unspecified atom stereocenters. The normalized spacial score (nSPS) is 19.0. The molecule has 2 N–H and O–H groups in total. The number of rotatable bonds is 22. The Kier molecular flexibility index (Phi) is 14.2. The van der Waals surface area contributed by atoms with E-state index in [0.29, 0.717) is 19.5 Å². The summed E-state index contributed by atoms with van der Waals surface area (Å²) >= 11 is 0. The van der Waals surface area contributed by atoms with Crippen molar-refractivity contribution in [1.29, 1.82) is 0 Å². The van der Waals surface area contributed by atoms with Gasteiger partial charge < -0.3 is 23.7 Å². The zero-order valence-corrected chi connectivity index (χ0v) is 35.5. The second-order valence-corrected chi connectivity index (χ2v) is 17.3. The topological polar surface area (TPSA) is 110 Å². The standard InChI is InChI=1S/C46H66N6O5/c1-8-52-42-16-17-46(5,35-23-34(24-38(25-35)56-7)13-11-9-10-12-18-48-49-31-53)28-40(42)41(27-45(3,4)30-57-32-54)44(52)39-26-37(29-47-43(39)33(2)55-6)51-21-19-50(20-22-51)36-14-15-36/h16-17,23-26,29,31-33,36,48H,8-15,18-22,27-28,30H2,1-7H3,(H,49,53). The fourth-order valence-corrected chi connectivity index (χ4v) is 8.94. The summed E-state index contributed by atoms with van der Waals surface area (Å²) in [6.07, 6.45) is 16.7. The van der Waals surface area contributed by atoms with E-state index in [0.717, 1.165) is 113 Å². The predicted octanol–water partition coefficient (Wildman–Crippen LogP) is 7.19. The highest BCUT2D eigenvalue weighted by atomic mass is 16.5. The van der Waals surface area contributed by atoms with Crippen LogP contribution in [0.3, 0.4) is 0 Å². The summed E-state index contributed by atoms with van der Waals surface area (Å²) in [5, 5.41) is 0. The van der Waals surface area contributed by atoms with Crippen molar-refractivity contribution in [1.82, 2.24) is 25.3 Å². The quantitative estimate of drug-likeness (QED) is 0.0622. The van der Waals surface area contributed by atoms with Crippen molar-refractivity contribution in [2.24, 2.45) is 5.41 Å². The van der Waals surface area contributed by atoms with Crippen molar-refractivity contribution in [2.45, 2.75) is 117 Å². The van der Waals surface area contributed by atoms with Crippen molar-refractivity contribution in [2.75, 3.05) is 58.5 Å². The fraction of sp³-hybridized carbons (Fsp3) is 0.587. The number of piperazine rings is 1. The number of fused-ring (bicyclic) bond motifs is 1. The molecule has 1 aliphatic heterocycles. The number of anilines is 1. The van der Waals surface area contributed by atoms with Gasteiger partial charge in [-0.1, -0.05) is 45.8 Å². The number of aryl methyl sites for hydroxylation is 1. The molecule has 57 heavy (non-hydrogen) atoms. The molecule has 6 rings (SSSR count). The Hall–Kier alpha value is -4.19. The maximum atomic E-state index is 11.5. The molecular formula is C46H66N6O5. The highest BCUT2D eigenvalue weighted by molar-refractivity contribution is 5.77. The van der Waals surface area contributed by atoms with E-state index in [9.17, 15) is 9.59 Å². The van der Waals surface area contributed by atoms with Gasteiger partial charge in [-0.3, -0.25) is 24.9 Å². The second kappa shape index (κ2) is 19.0. The molecule has 0 spiro atoms. The molecule has 1 aromatic carbocycles. The van der Waals surface area contributed by atoms with Crippen LogP contribution in [0.25, 0.3) is 17.3 Å². The summed E-state index contributed by atoms with van der Waals surface area (Å²) in [7, 11) is 3.51. The van der Waals surface area contributed by atoms with Gasteiger partial charge >= 0.3 is 0 Å². The van der Waals surface area contributed by atoms with Crippen LogP contribution in [0.2, 0.25) is 0 Å². The van der Waals surface area contributed by atoms with Gasteiger partial charge in [-0.25, -0.2) is 5.43 Å². The molecule has 11 nitrogen and oxygen atoms in total. The number of benzene rings is 1. The van der Waals surface area contributed by atoms with E-state index >= 15 is 0 Å². The number of nitrogens with one attached hydrogen (secondary N) is 2. The second-order valence-electron chi connectivity index (χ2n) is 17.3. The Labute approximate surface area is 340 Å². The lowest BCUT2D eigenvalue weighted by Crippen LogP contribution is -2.47. The summed E-state index contributed by atoms with van der Waals surface area (Å²) in [5.41, 5.74) is 15.6. The zero-order chi connectivity index (χ0) is 40.6. The molecule has 2 fully saturated rings. The maximum Gasteiger partial charge on any atom is 0.293 e. The van der Waals surface area contributed by atoms with Crippen LogP contribution in [-0.4, -0.2) is 86.9 Å². The van der Waals surface area contributed by atoms with Crippen molar-refractivity contribution >= 4 is 24.6 Å². The van der Waals surface area contributed by atoms with Crippen LogP contribution in [-0.2, 0) is 50.3 Å². The Morgan fingerprint density at radius 2 is 1.81 bits per heavy atom. The number of hydrazine groups is 1. The van der Waals surface area contributed by atoms with Gasteiger partial charge in [0, 0.05) is 74.5 Å². The van der Waals surface area contributed by atoms with Crippen LogP contribution >= 0.6 is 0 Å². The van der Waals surface area contributed by atoms with Crippen molar-refractivity contribution in [3.63, 3.8) is 0 Å². The Bertz CT molecular complexity index is 1860. The highest BCUT2D eigenvalue weighted by Crippen LogP contribution is 2.46. The molecule has 3 aliphatic rings. The largest absolute Gasteiger partial charge is 0.497 e. The minimum atomic E-state index is -0.317. The average Bonchev–Trinajstić information content (AvgIpc) is 4.04. The van der Waals surface area contributed by atoms with Crippen LogP contribution in [0.4, 0.5) is 5.69 Å². The molecule has 0 radical (unpaired) electrons. The minimum Gasteiger partial charge on any atom is -0.497 e. The lowest BCUT2D eigenvalue weighted by Gasteiger charge is -2.36. The number of ether oxygens (including phenoxy) is 3. The smallest absolute Gasteiger partial charge is 0.293 e. The predicted molar refractivity (Wildman–Crippen MR) is 228 cm³/mol. The number of pyridine rings is 1. The zero-order valence-electron chi connectivity index (χ0n) is 35.5. The van der Waals surface area contributed by atoms with Gasteiger partial charge in [-0.2, -0.15) is 0 Å². The van der Waals surface area contributed by atoms with E-state index in [4.69, 9.17) is 19.2 Å². The van der Waals surface area contributed by atoms with E-state index in [1.807, 2.05) is 6.20 Å². The van der Waals surface area contributed by atoms with Crippen molar-refractivity contribution in [3.05, 3.63) is 70.2 Å². The summed E-state index contributed by atoms with van der Waals surface area (Å²) in [5.74, 6) is 0.880. The Morgan fingerprint density at radius 3 is 2.49 bits per heavy atom. The van der Waals surface area contributed by atoms with Crippen LogP contribution in [0.5, 0.6) is 5.75 Å². The molecule has 2 aliphatic carbocycles. The first kappa shape index (κ1) is 42.4. The summed E-state index contributed by atoms with van der Waals surface area (Å²) in [6, 6.07) is 9.90. The molecule has 0 bridgehead atoms. The molecule has 1 saturated heterocycles. The number of methoxy groups -OCH3 is 2. The number of hydrogen-bond donors (Lipinski definition) is 2. The minimum absolute atomic E-state index is 0.204. The van der Waals surface area contributed by atoms with E-state index in [1.54, 1.807) is 14.2 Å². The first-order chi connectivity index (χ1) is 27.5. The number of unbranched alkanes of at least 4 members (excludes halogenated alkanes) is 3. The van der Waals surface area contributed by atoms with Gasteiger partial charge in [0.05, 0.1) is 43.1 Å². The summed E-state index contributed by atoms with van der Waals surface area (Å²) in [6.45, 7) is 17.6. The number of allylic oxidation sites excluding steroid dienone is 1. The van der Waals surface area contributed by atoms with Crippen molar-refractivity contribution < 1.29 is 23.8 Å². The number of aromatic nitrogens is 2. The third-order valence-corrected chi connectivity index (χ3v) is 12.4. The van der Waals surface area contributed by atoms with E-state index in [2.05, 4.69) is 96.3 Å². The average molecular weight is 783 g/mol. The molecule has 11 heteroatoms. The lowest BCUT2D eigenvalue weighted by molar-refractivity contribution is -0.131. The first-order valence-corrected chi connectivity index (χ1v) is 21.2. The Balaban J connectivity index is 1.38. The number of hydrogen-bond acceptors (Lipinski definition) is 9. The SMILES string of the molecule is CCn1c2c(c(CC(C)(C)COC=O)c1-c1cc(N3CCN(C4CC4)CC3)cnc1C(C)OC)CC(C)(c1cc(CCCCCCNNC=O)cc(OC)c1)C=C2. The van der Waals surface area contributed by atoms with Gasteiger partial charge in [0.2, 0.25) is 6.41 Å². The van der Waals surface area contributed by atoms with Crippen LogP contribution < -0.4 is 20.5 Å². The number of carbonyl (C=O) groups is 2. The third-order valence-electron chi connectivity index (χ3n) is 12.4. The molecule has 1 amide bonds. The third kappa shape index (κ3) is 10.1. The molecule has 1 saturated carbocycles. The number of nitrogens with zero attached hydrogens (tertiary/aromatic N) is 4. The van der Waals surface area contributed by atoms with Crippen LogP contribution in [0.1, 0.15) is 113 Å². The van der Waals surface area contributed by atoms with E-state index in [-0.39, 0.29) is 16.9 Å². The summed E-state index contributed by atoms with van der Waals surface area (Å²) in [4.78, 5) is 32.3. The molecule has 3 heterocycles. The number of carbonyl (C=O) groups excluding carboxylic acids is 2. The molecule has 2 aromatic heterocycles. The molecule has 3 aromatic rings. The molecular weight excluding hydrogens is 717 g/mol. The van der Waals surface area contributed by atoms with Gasteiger partial charge in [-0.05, 0) is 105 Å². The van der Waals surface area contributed by atoms with Gasteiger partial charge in [0.15, 0.2) is 0 Å². The van der Waals surface area contributed by atoms with Crippen LogP contribution in [0.15, 0.2) is 36.5 Å². The van der Waals surface area contributed by atoms with E-state index < -0.39 is 0 Å². The first-order valence-electron chi connectivity index (χ1n) is 21.2. The highest BCUT2D eigenvalue weighted by Gasteiger charge is 2.37. The maximum absolute atomic E-state index is 11.5. The fourth-order valence-electron chi connectivity index (χ4n) is 8.94. The van der Waals surface area contributed by atoms with Gasteiger partial charge in [-0.15, -0.1) is 0 Å². The van der Waals surface area contributed by atoms with Gasteiger partial charge in [0.25, 0.3) is 6.47 Å². The lowest BCUT2D eigenvalue weighted by atomic mass is 9.72. The van der Waals surface area contributed by atoms with Crippen molar-refractivity contribution in [3.8, 4) is 17.0 Å². The van der Waals surface area contributed by atoms with Crippen LogP contribution in [0, 0.1) is 5.41 Å². The monoisotopic (exact) mass is 783 g/mol. The molecule has 310 valence electrons. The summed E-state index contributed by atoms with van der Waals surface area (Å²) < 4.78 is 19.8. The van der Waals surface area contributed by atoms with Gasteiger partial charge in [0.1, 0.15) is 5.75 Å². The number of amides is 1. The Morgan fingerprint density at radius 1 is 1.04 bits per heavy atom. The molecule has 2 atom stereocenters. The van der Waals surface area contributed by atoms with E-state index in [1.165, 1.54) is 46.5 Å².